The van der Waals surface area contributed by atoms with E-state index in [0.29, 0.717) is 15.6 Å². The molecular weight excluding hydrogens is 418 g/mol. The van der Waals surface area contributed by atoms with Crippen LogP contribution in [-0.4, -0.2) is 27.5 Å². The molecule has 0 aliphatic carbocycles. The molecule has 1 atom stereocenters. The Morgan fingerprint density at radius 1 is 1.04 bits per heavy atom. The number of sulfone groups is 1. The first-order valence-corrected chi connectivity index (χ1v) is 11.2. The summed E-state index contributed by atoms with van der Waals surface area (Å²) in [5, 5.41) is 4.18. The van der Waals surface area contributed by atoms with Gasteiger partial charge in [-0.3, -0.25) is 4.79 Å². The molecule has 5 nitrogen and oxygen atoms in total. The molecule has 0 bridgehead atoms. The van der Waals surface area contributed by atoms with Gasteiger partial charge in [-0.25, -0.2) is 8.42 Å². The van der Waals surface area contributed by atoms with Crippen LogP contribution in [-0.2, 0) is 14.6 Å². The van der Waals surface area contributed by atoms with Crippen molar-refractivity contribution in [1.29, 1.82) is 0 Å². The molecule has 0 spiro atoms. The second-order valence-corrected chi connectivity index (χ2v) is 9.45. The number of thiophene rings is 1. The summed E-state index contributed by atoms with van der Waals surface area (Å²) in [6.07, 6.45) is 0. The normalized spacial score (nSPS) is 12.3. The Labute approximate surface area is 172 Å². The van der Waals surface area contributed by atoms with Crippen LogP contribution < -0.4 is 10.1 Å². The van der Waals surface area contributed by atoms with Gasteiger partial charge in [0.15, 0.2) is 16.4 Å². The Kier molecular flexibility index (Phi) is 6.72. The lowest BCUT2D eigenvalue weighted by Crippen LogP contribution is -2.34. The molecule has 1 heterocycles. The molecule has 28 heavy (non-hydrogen) atoms. The number of benzene rings is 2. The van der Waals surface area contributed by atoms with Crippen LogP contribution in [0.15, 0.2) is 77.0 Å². The van der Waals surface area contributed by atoms with Crippen molar-refractivity contribution < 1.29 is 17.9 Å². The number of hydrogen-bond acceptors (Lipinski definition) is 5. The van der Waals surface area contributed by atoms with Crippen LogP contribution in [0, 0.1) is 0 Å². The lowest BCUT2D eigenvalue weighted by Gasteiger charge is -2.17. The molecule has 0 radical (unpaired) electrons. The van der Waals surface area contributed by atoms with Crippen LogP contribution in [0.25, 0.3) is 0 Å². The number of amides is 1. The van der Waals surface area contributed by atoms with Crippen LogP contribution in [0.5, 0.6) is 5.75 Å². The molecule has 0 aliphatic rings. The average Bonchev–Trinajstić information content (AvgIpc) is 3.22. The first-order chi connectivity index (χ1) is 13.5. The molecule has 1 amide bonds. The van der Waals surface area contributed by atoms with Gasteiger partial charge >= 0.3 is 0 Å². The molecule has 2 aromatic carbocycles. The van der Waals surface area contributed by atoms with E-state index in [1.54, 1.807) is 66.7 Å². The van der Waals surface area contributed by atoms with Crippen LogP contribution in [0.2, 0.25) is 5.02 Å². The summed E-state index contributed by atoms with van der Waals surface area (Å²) >= 11 is 7.15. The lowest BCUT2D eigenvalue weighted by atomic mass is 10.3. The zero-order chi connectivity index (χ0) is 20.0. The van der Waals surface area contributed by atoms with E-state index >= 15 is 0 Å². The largest absolute Gasteiger partial charge is 0.484 e. The number of nitrogens with one attached hydrogen (secondary N) is 1. The molecule has 8 heteroatoms. The summed E-state index contributed by atoms with van der Waals surface area (Å²) in [5.41, 5.74) is 0. The predicted octanol–water partition coefficient (Wildman–Crippen LogP) is 4.11. The molecule has 0 aliphatic heterocycles. The van der Waals surface area contributed by atoms with Crippen LogP contribution in [0.4, 0.5) is 0 Å². The van der Waals surface area contributed by atoms with Crippen molar-refractivity contribution in [3.63, 3.8) is 0 Å². The molecule has 146 valence electrons. The highest BCUT2D eigenvalue weighted by atomic mass is 35.5. The van der Waals surface area contributed by atoms with Crippen molar-refractivity contribution in [3.05, 3.63) is 82.0 Å². The fraction of sp³-hybridized carbons (Fsp3) is 0.150. The molecule has 0 saturated heterocycles. The first-order valence-electron chi connectivity index (χ1n) is 8.44. The Morgan fingerprint density at radius 3 is 2.39 bits per heavy atom. The van der Waals surface area contributed by atoms with Crippen molar-refractivity contribution in [2.24, 2.45) is 0 Å². The monoisotopic (exact) mass is 435 g/mol. The van der Waals surface area contributed by atoms with E-state index in [4.69, 9.17) is 16.3 Å². The van der Waals surface area contributed by atoms with Gasteiger partial charge in [0.05, 0.1) is 4.90 Å². The SMILES string of the molecule is O=C(COc1ccc(Cl)cc1)NC[C@@H](c1cccs1)S(=O)(=O)c1ccccc1. The molecule has 0 fully saturated rings. The Hall–Kier alpha value is -2.35. The van der Waals surface area contributed by atoms with Gasteiger partial charge in [0.1, 0.15) is 11.0 Å². The summed E-state index contributed by atoms with van der Waals surface area (Å²) in [6, 6.07) is 18.4. The average molecular weight is 436 g/mol. The number of halogens is 1. The van der Waals surface area contributed by atoms with Gasteiger partial charge in [0, 0.05) is 16.4 Å². The number of hydrogen-bond donors (Lipinski definition) is 1. The predicted molar refractivity (Wildman–Crippen MR) is 111 cm³/mol. The summed E-state index contributed by atoms with van der Waals surface area (Å²) in [6.45, 7) is -0.259. The molecule has 0 unspecified atom stereocenters. The van der Waals surface area contributed by atoms with Crippen LogP contribution in [0.3, 0.4) is 0 Å². The minimum absolute atomic E-state index is 0.0411. The summed E-state index contributed by atoms with van der Waals surface area (Å²) in [5.74, 6) is 0.103. The maximum Gasteiger partial charge on any atom is 0.257 e. The maximum atomic E-state index is 13.1. The smallest absolute Gasteiger partial charge is 0.257 e. The summed E-state index contributed by atoms with van der Waals surface area (Å²) < 4.78 is 31.5. The maximum absolute atomic E-state index is 13.1. The highest BCUT2D eigenvalue weighted by Crippen LogP contribution is 2.31. The van der Waals surface area contributed by atoms with Gasteiger partial charge in [-0.15, -0.1) is 11.3 Å². The van der Waals surface area contributed by atoms with Gasteiger partial charge in [0.2, 0.25) is 0 Å². The summed E-state index contributed by atoms with van der Waals surface area (Å²) in [7, 11) is -3.65. The zero-order valence-corrected chi connectivity index (χ0v) is 17.1. The van der Waals surface area contributed by atoms with E-state index in [-0.39, 0.29) is 18.0 Å². The number of carbonyl (C=O) groups excluding carboxylic acids is 1. The van der Waals surface area contributed by atoms with Crippen molar-refractivity contribution in [2.75, 3.05) is 13.2 Å². The summed E-state index contributed by atoms with van der Waals surface area (Å²) in [4.78, 5) is 13.1. The second kappa shape index (κ2) is 9.23. The molecule has 1 N–H and O–H groups in total. The van der Waals surface area contributed by atoms with Gasteiger partial charge < -0.3 is 10.1 Å². The number of rotatable bonds is 8. The molecule has 3 aromatic rings. The molecule has 0 saturated carbocycles. The van der Waals surface area contributed by atoms with E-state index in [9.17, 15) is 13.2 Å². The minimum atomic E-state index is -3.65. The van der Waals surface area contributed by atoms with Crippen molar-refractivity contribution in [2.45, 2.75) is 10.1 Å². The zero-order valence-electron chi connectivity index (χ0n) is 14.7. The van der Waals surface area contributed by atoms with E-state index < -0.39 is 21.0 Å². The van der Waals surface area contributed by atoms with Gasteiger partial charge in [-0.2, -0.15) is 0 Å². The van der Waals surface area contributed by atoms with Gasteiger partial charge in [-0.05, 0) is 47.8 Å². The van der Waals surface area contributed by atoms with E-state index in [1.165, 1.54) is 11.3 Å². The lowest BCUT2D eigenvalue weighted by molar-refractivity contribution is -0.123. The minimum Gasteiger partial charge on any atom is -0.484 e. The number of carbonyl (C=O) groups is 1. The fourth-order valence-corrected chi connectivity index (χ4v) is 5.48. The van der Waals surface area contributed by atoms with Crippen molar-refractivity contribution in [1.82, 2.24) is 5.32 Å². The fourth-order valence-electron chi connectivity index (χ4n) is 2.55. The third-order valence-corrected chi connectivity index (χ3v) is 7.46. The Bertz CT molecular complexity index is 1000. The third-order valence-electron chi connectivity index (χ3n) is 3.98. The van der Waals surface area contributed by atoms with E-state index in [0.717, 1.165) is 0 Å². The van der Waals surface area contributed by atoms with Gasteiger partial charge in [0.25, 0.3) is 5.91 Å². The Morgan fingerprint density at radius 2 is 1.75 bits per heavy atom. The quantitative estimate of drug-likeness (QED) is 0.577. The third kappa shape index (κ3) is 5.13. The Balaban J connectivity index is 1.67. The number of ether oxygens (including phenoxy) is 1. The highest BCUT2D eigenvalue weighted by molar-refractivity contribution is 7.91. The van der Waals surface area contributed by atoms with E-state index in [2.05, 4.69) is 5.32 Å². The van der Waals surface area contributed by atoms with Crippen LogP contribution in [0.1, 0.15) is 10.1 Å². The molecule has 1 aromatic heterocycles. The highest BCUT2D eigenvalue weighted by Gasteiger charge is 2.30. The molecule has 3 rings (SSSR count). The van der Waals surface area contributed by atoms with Crippen LogP contribution >= 0.6 is 22.9 Å². The first kappa shape index (κ1) is 20.4. The topological polar surface area (TPSA) is 72.5 Å². The van der Waals surface area contributed by atoms with Crippen molar-refractivity contribution >= 4 is 38.7 Å². The van der Waals surface area contributed by atoms with E-state index in [1.807, 2.05) is 5.38 Å². The van der Waals surface area contributed by atoms with Crippen molar-refractivity contribution in [3.8, 4) is 5.75 Å². The standard InChI is InChI=1S/C20H18ClNO4S2/c21-15-8-10-16(11-9-15)26-14-20(23)22-13-19(18-7-4-12-27-18)28(24,25)17-5-2-1-3-6-17/h1-12,19H,13-14H2,(H,22,23)/t19-/m0/s1. The second-order valence-electron chi connectivity index (χ2n) is 5.91. The molecular formula is C20H18ClNO4S2. The van der Waals surface area contributed by atoms with Gasteiger partial charge in [-0.1, -0.05) is 35.9 Å².